The van der Waals surface area contributed by atoms with Crippen molar-refractivity contribution >= 4 is 11.6 Å². The van der Waals surface area contributed by atoms with Crippen molar-refractivity contribution in [3.63, 3.8) is 0 Å². The Morgan fingerprint density at radius 3 is 2.05 bits per heavy atom. The number of aliphatic hydroxyl groups is 1. The molecular formula is C15H11ClF4O. The van der Waals surface area contributed by atoms with Crippen LogP contribution in [0.15, 0.2) is 36.4 Å². The van der Waals surface area contributed by atoms with Crippen molar-refractivity contribution in [1.82, 2.24) is 0 Å². The number of halogens is 5. The van der Waals surface area contributed by atoms with Crippen LogP contribution in [0.5, 0.6) is 0 Å². The summed E-state index contributed by atoms with van der Waals surface area (Å²) in [7, 11) is 0. The molecular weight excluding hydrogens is 308 g/mol. The molecule has 6 heteroatoms. The van der Waals surface area contributed by atoms with Crippen LogP contribution in [0.2, 0.25) is 0 Å². The van der Waals surface area contributed by atoms with Gasteiger partial charge in [0.05, 0.1) is 5.88 Å². The van der Waals surface area contributed by atoms with Gasteiger partial charge in [0.1, 0.15) is 28.9 Å². The topological polar surface area (TPSA) is 20.2 Å². The van der Waals surface area contributed by atoms with Crippen molar-refractivity contribution in [2.45, 2.75) is 12.0 Å². The van der Waals surface area contributed by atoms with Crippen molar-refractivity contribution in [2.75, 3.05) is 5.88 Å². The summed E-state index contributed by atoms with van der Waals surface area (Å²) in [6.45, 7) is 0. The minimum Gasteiger partial charge on any atom is -0.383 e. The molecule has 1 atom stereocenters. The molecule has 0 aliphatic carbocycles. The van der Waals surface area contributed by atoms with Gasteiger partial charge in [-0.15, -0.1) is 11.6 Å². The zero-order chi connectivity index (χ0) is 15.6. The second-order valence-corrected chi connectivity index (χ2v) is 5.01. The molecule has 1 unspecified atom stereocenters. The van der Waals surface area contributed by atoms with Gasteiger partial charge >= 0.3 is 0 Å². The molecule has 1 nitrogen and oxygen atoms in total. The fourth-order valence-electron chi connectivity index (χ4n) is 2.13. The molecule has 112 valence electrons. The van der Waals surface area contributed by atoms with Gasteiger partial charge in [-0.05, 0) is 23.8 Å². The molecule has 2 aromatic carbocycles. The summed E-state index contributed by atoms with van der Waals surface area (Å²) in [4.78, 5) is 0. The van der Waals surface area contributed by atoms with Crippen molar-refractivity contribution in [2.24, 2.45) is 0 Å². The Morgan fingerprint density at radius 2 is 1.52 bits per heavy atom. The van der Waals surface area contributed by atoms with Gasteiger partial charge in [0.2, 0.25) is 0 Å². The summed E-state index contributed by atoms with van der Waals surface area (Å²) in [5.74, 6) is -3.84. The summed E-state index contributed by atoms with van der Waals surface area (Å²) in [6, 6.07) is 5.36. The van der Waals surface area contributed by atoms with Gasteiger partial charge in [-0.3, -0.25) is 0 Å². The lowest BCUT2D eigenvalue weighted by Crippen LogP contribution is -2.32. The number of hydrogen-bond donors (Lipinski definition) is 1. The molecule has 0 aromatic heterocycles. The molecule has 0 aliphatic rings. The second kappa shape index (κ2) is 6.03. The fourth-order valence-corrected chi connectivity index (χ4v) is 2.37. The van der Waals surface area contributed by atoms with E-state index in [9.17, 15) is 22.7 Å². The largest absolute Gasteiger partial charge is 0.383 e. The molecule has 1 N–H and O–H groups in total. The molecule has 0 heterocycles. The van der Waals surface area contributed by atoms with Crippen LogP contribution in [0.1, 0.15) is 11.1 Å². The van der Waals surface area contributed by atoms with E-state index in [1.165, 1.54) is 0 Å². The van der Waals surface area contributed by atoms with Crippen LogP contribution in [0, 0.1) is 23.3 Å². The predicted molar refractivity (Wildman–Crippen MR) is 71.0 cm³/mol. The Morgan fingerprint density at radius 1 is 0.905 bits per heavy atom. The van der Waals surface area contributed by atoms with Crippen LogP contribution in [-0.2, 0) is 12.0 Å². The van der Waals surface area contributed by atoms with E-state index in [0.717, 1.165) is 24.3 Å². The van der Waals surface area contributed by atoms with Crippen LogP contribution in [-0.4, -0.2) is 11.0 Å². The third kappa shape index (κ3) is 3.54. The number of hydrogen-bond acceptors (Lipinski definition) is 1. The van der Waals surface area contributed by atoms with Crippen LogP contribution in [0.25, 0.3) is 0 Å². The van der Waals surface area contributed by atoms with Gasteiger partial charge in [-0.1, -0.05) is 6.07 Å². The maximum atomic E-state index is 13.8. The summed E-state index contributed by atoms with van der Waals surface area (Å²) in [5, 5.41) is 10.5. The van der Waals surface area contributed by atoms with Crippen LogP contribution in [0.4, 0.5) is 17.6 Å². The highest BCUT2D eigenvalue weighted by Crippen LogP contribution is 2.30. The van der Waals surface area contributed by atoms with Crippen molar-refractivity contribution < 1.29 is 22.7 Å². The lowest BCUT2D eigenvalue weighted by Gasteiger charge is -2.27. The summed E-state index contributed by atoms with van der Waals surface area (Å²) in [5.41, 5.74) is -2.03. The molecule has 0 aliphatic heterocycles. The van der Waals surface area contributed by atoms with Crippen molar-refractivity contribution in [3.05, 3.63) is 70.8 Å². The van der Waals surface area contributed by atoms with E-state index < -0.39 is 34.7 Å². The van der Waals surface area contributed by atoms with E-state index in [2.05, 4.69) is 0 Å². The normalized spacial score (nSPS) is 14.0. The first-order chi connectivity index (χ1) is 9.84. The van der Waals surface area contributed by atoms with Gasteiger partial charge in [0.15, 0.2) is 0 Å². The first kappa shape index (κ1) is 15.8. The SMILES string of the molecule is OC(CCl)(Cc1cc(F)cc(F)c1)c1ccc(F)cc1F. The molecule has 21 heavy (non-hydrogen) atoms. The van der Waals surface area contributed by atoms with E-state index in [0.29, 0.717) is 12.1 Å². The number of alkyl halides is 1. The van der Waals surface area contributed by atoms with Gasteiger partial charge in [-0.25, -0.2) is 17.6 Å². The minimum atomic E-state index is -1.90. The number of rotatable bonds is 4. The van der Waals surface area contributed by atoms with Gasteiger partial charge < -0.3 is 5.11 Å². The average molecular weight is 319 g/mol. The zero-order valence-corrected chi connectivity index (χ0v) is 11.5. The van der Waals surface area contributed by atoms with Gasteiger partial charge in [-0.2, -0.15) is 0 Å². The van der Waals surface area contributed by atoms with Crippen LogP contribution >= 0.6 is 11.6 Å². The molecule has 0 spiro atoms. The molecule has 2 aromatic rings. The molecule has 0 bridgehead atoms. The lowest BCUT2D eigenvalue weighted by atomic mass is 9.88. The van der Waals surface area contributed by atoms with Crippen molar-refractivity contribution in [1.29, 1.82) is 0 Å². The summed E-state index contributed by atoms with van der Waals surface area (Å²) >= 11 is 5.69. The molecule has 2 rings (SSSR count). The first-order valence-corrected chi connectivity index (χ1v) is 6.56. The Bertz CT molecular complexity index is 642. The Hall–Kier alpha value is -1.59. The Balaban J connectivity index is 2.41. The Kier molecular flexibility index (Phi) is 4.54. The molecule has 0 radical (unpaired) electrons. The first-order valence-electron chi connectivity index (χ1n) is 6.03. The fraction of sp³-hybridized carbons (Fsp3) is 0.200. The molecule has 0 saturated carbocycles. The van der Waals surface area contributed by atoms with E-state index in [1.54, 1.807) is 0 Å². The Labute approximate surface area is 123 Å². The highest BCUT2D eigenvalue weighted by Gasteiger charge is 2.32. The monoisotopic (exact) mass is 318 g/mol. The average Bonchev–Trinajstić information content (AvgIpc) is 2.37. The third-order valence-electron chi connectivity index (χ3n) is 3.07. The molecule has 0 amide bonds. The summed E-state index contributed by atoms with van der Waals surface area (Å²) in [6.07, 6.45) is -0.312. The minimum absolute atomic E-state index is 0.111. The highest BCUT2D eigenvalue weighted by atomic mass is 35.5. The van der Waals surface area contributed by atoms with E-state index in [1.807, 2.05) is 0 Å². The van der Waals surface area contributed by atoms with Crippen LogP contribution in [0.3, 0.4) is 0 Å². The van der Waals surface area contributed by atoms with Crippen LogP contribution < -0.4 is 0 Å². The maximum absolute atomic E-state index is 13.8. The number of benzene rings is 2. The van der Waals surface area contributed by atoms with E-state index in [4.69, 9.17) is 11.6 Å². The second-order valence-electron chi connectivity index (χ2n) is 4.74. The predicted octanol–water partition coefficient (Wildman–Crippen LogP) is 3.91. The molecule has 0 fully saturated rings. The smallest absolute Gasteiger partial charge is 0.132 e. The zero-order valence-electron chi connectivity index (χ0n) is 10.7. The summed E-state index contributed by atoms with van der Waals surface area (Å²) < 4.78 is 53.0. The lowest BCUT2D eigenvalue weighted by molar-refractivity contribution is 0.0573. The maximum Gasteiger partial charge on any atom is 0.132 e. The van der Waals surface area contributed by atoms with E-state index in [-0.39, 0.29) is 17.5 Å². The quantitative estimate of drug-likeness (QED) is 0.669. The third-order valence-corrected chi connectivity index (χ3v) is 3.51. The van der Waals surface area contributed by atoms with Crippen molar-refractivity contribution in [3.8, 4) is 0 Å². The van der Waals surface area contributed by atoms with E-state index >= 15 is 0 Å². The standard InChI is InChI=1S/C15H11ClF4O/c16-8-15(21,13-2-1-10(17)6-14(13)20)7-9-3-11(18)5-12(19)4-9/h1-6,21H,7-8H2. The molecule has 0 saturated heterocycles. The van der Waals surface area contributed by atoms with Gasteiger partial charge in [0, 0.05) is 24.1 Å². The highest BCUT2D eigenvalue weighted by molar-refractivity contribution is 6.18. The van der Waals surface area contributed by atoms with Gasteiger partial charge in [0.25, 0.3) is 0 Å².